The van der Waals surface area contributed by atoms with E-state index in [1.807, 2.05) is 18.2 Å². The second-order valence-corrected chi connectivity index (χ2v) is 6.93. The summed E-state index contributed by atoms with van der Waals surface area (Å²) in [7, 11) is 0. The van der Waals surface area contributed by atoms with Crippen molar-refractivity contribution in [2.45, 2.75) is 51.6 Å². The van der Waals surface area contributed by atoms with Crippen LogP contribution in [-0.2, 0) is 11.2 Å². The normalized spacial score (nSPS) is 16.0. The summed E-state index contributed by atoms with van der Waals surface area (Å²) in [5.41, 5.74) is 2.10. The van der Waals surface area contributed by atoms with Crippen LogP contribution >= 0.6 is 0 Å². The number of aromatic nitrogens is 1. The first-order chi connectivity index (χ1) is 12.8. The van der Waals surface area contributed by atoms with Crippen molar-refractivity contribution in [3.8, 4) is 0 Å². The molecule has 1 aromatic heterocycles. The quantitative estimate of drug-likeness (QED) is 0.684. The Balaban J connectivity index is 1.75. The first-order valence-corrected chi connectivity index (χ1v) is 9.82. The molecule has 142 valence electrons. The molecule has 1 unspecified atom stereocenters. The number of nitrogens with zero attached hydrogens (tertiary/aromatic N) is 2. The van der Waals surface area contributed by atoms with Crippen molar-refractivity contribution in [1.82, 2.24) is 4.98 Å². The van der Waals surface area contributed by atoms with Crippen LogP contribution in [0.3, 0.4) is 0 Å². The van der Waals surface area contributed by atoms with Gasteiger partial charge in [-0.25, -0.2) is 4.98 Å². The minimum absolute atomic E-state index is 0.453. The number of morpholine rings is 1. The molecule has 2 aromatic rings. The van der Waals surface area contributed by atoms with Crippen LogP contribution in [0.5, 0.6) is 0 Å². The van der Waals surface area contributed by atoms with Crippen LogP contribution < -0.4 is 4.90 Å². The monoisotopic (exact) mass is 358 g/mol. The summed E-state index contributed by atoms with van der Waals surface area (Å²) in [4.78, 5) is 6.86. The third-order valence-corrected chi connectivity index (χ3v) is 4.82. The number of oxazole rings is 1. The molecule has 1 aliphatic rings. The van der Waals surface area contributed by atoms with Crippen molar-refractivity contribution < 1.29 is 14.3 Å². The Hall–Kier alpha value is -1.85. The van der Waals surface area contributed by atoms with Gasteiger partial charge in [0.25, 0.3) is 0 Å². The van der Waals surface area contributed by atoms with Gasteiger partial charge in [0.05, 0.1) is 13.2 Å². The van der Waals surface area contributed by atoms with Crippen molar-refractivity contribution >= 4 is 5.88 Å². The van der Waals surface area contributed by atoms with Gasteiger partial charge in [0.2, 0.25) is 11.8 Å². The Morgan fingerprint density at radius 1 is 1.12 bits per heavy atom. The summed E-state index contributed by atoms with van der Waals surface area (Å²) in [5.74, 6) is 1.24. The number of anilines is 1. The SMILES string of the molecule is CCCCCCC(O)c1nc(Cc2ccccc2)c(N2CCOCC2)o1. The van der Waals surface area contributed by atoms with Crippen LogP contribution in [0, 0.1) is 0 Å². The van der Waals surface area contributed by atoms with Crippen LogP contribution in [0.4, 0.5) is 5.88 Å². The lowest BCUT2D eigenvalue weighted by molar-refractivity contribution is 0.116. The number of ether oxygens (including phenoxy) is 1. The van der Waals surface area contributed by atoms with Gasteiger partial charge in [-0.05, 0) is 12.0 Å². The maximum absolute atomic E-state index is 10.5. The predicted molar refractivity (Wildman–Crippen MR) is 103 cm³/mol. The van der Waals surface area contributed by atoms with E-state index in [2.05, 4.69) is 28.9 Å². The molecule has 1 saturated heterocycles. The topological polar surface area (TPSA) is 58.7 Å². The van der Waals surface area contributed by atoms with Gasteiger partial charge in [0.1, 0.15) is 11.8 Å². The molecule has 1 aliphatic heterocycles. The third-order valence-electron chi connectivity index (χ3n) is 4.82. The molecule has 0 saturated carbocycles. The second-order valence-electron chi connectivity index (χ2n) is 6.93. The van der Waals surface area contributed by atoms with Crippen LogP contribution in [0.25, 0.3) is 0 Å². The van der Waals surface area contributed by atoms with Crippen molar-refractivity contribution in [3.05, 3.63) is 47.5 Å². The van der Waals surface area contributed by atoms with E-state index in [-0.39, 0.29) is 0 Å². The maximum Gasteiger partial charge on any atom is 0.226 e. The molecule has 0 amide bonds. The average Bonchev–Trinajstić information content (AvgIpc) is 3.10. The Morgan fingerprint density at radius 2 is 1.88 bits per heavy atom. The van der Waals surface area contributed by atoms with Gasteiger partial charge in [-0.2, -0.15) is 0 Å². The Kier molecular flexibility index (Phi) is 7.09. The largest absolute Gasteiger partial charge is 0.422 e. The lowest BCUT2D eigenvalue weighted by Gasteiger charge is -2.26. The minimum atomic E-state index is -0.629. The molecule has 0 aliphatic carbocycles. The molecule has 1 N–H and O–H groups in total. The molecule has 0 radical (unpaired) electrons. The summed E-state index contributed by atoms with van der Waals surface area (Å²) in [6.45, 7) is 5.17. The minimum Gasteiger partial charge on any atom is -0.422 e. The molecule has 26 heavy (non-hydrogen) atoms. The number of unbranched alkanes of at least 4 members (excludes halogenated alkanes) is 3. The summed E-state index contributed by atoms with van der Waals surface area (Å²) < 4.78 is 11.5. The number of hydrogen-bond acceptors (Lipinski definition) is 5. The molecule has 5 heteroatoms. The molecule has 0 spiro atoms. The zero-order valence-corrected chi connectivity index (χ0v) is 15.7. The zero-order valence-electron chi connectivity index (χ0n) is 15.7. The fraction of sp³-hybridized carbons (Fsp3) is 0.571. The summed E-state index contributed by atoms with van der Waals surface area (Å²) >= 11 is 0. The van der Waals surface area contributed by atoms with E-state index in [0.717, 1.165) is 37.5 Å². The highest BCUT2D eigenvalue weighted by molar-refractivity contribution is 5.44. The maximum atomic E-state index is 10.5. The van der Waals surface area contributed by atoms with E-state index in [9.17, 15) is 5.11 Å². The van der Waals surface area contributed by atoms with Gasteiger partial charge in [-0.3, -0.25) is 0 Å². The highest BCUT2D eigenvalue weighted by Crippen LogP contribution is 2.30. The number of benzene rings is 1. The Labute approximate surface area is 156 Å². The molecule has 0 bridgehead atoms. The van der Waals surface area contributed by atoms with Crippen LogP contribution in [0.15, 0.2) is 34.7 Å². The lowest BCUT2D eigenvalue weighted by Crippen LogP contribution is -2.36. The van der Waals surface area contributed by atoms with Crippen LogP contribution in [0.2, 0.25) is 0 Å². The van der Waals surface area contributed by atoms with Crippen molar-refractivity contribution in [3.63, 3.8) is 0 Å². The van der Waals surface area contributed by atoms with Gasteiger partial charge in [-0.1, -0.05) is 62.9 Å². The fourth-order valence-corrected chi connectivity index (χ4v) is 3.31. The highest BCUT2D eigenvalue weighted by atomic mass is 16.5. The second kappa shape index (κ2) is 9.74. The number of aliphatic hydroxyl groups is 1. The van der Waals surface area contributed by atoms with Crippen molar-refractivity contribution in [2.24, 2.45) is 0 Å². The molecule has 2 heterocycles. The molecule has 1 atom stereocenters. The highest BCUT2D eigenvalue weighted by Gasteiger charge is 2.24. The number of hydrogen-bond donors (Lipinski definition) is 1. The number of rotatable bonds is 9. The fourth-order valence-electron chi connectivity index (χ4n) is 3.31. The van der Waals surface area contributed by atoms with E-state index >= 15 is 0 Å². The van der Waals surface area contributed by atoms with Gasteiger partial charge in [-0.15, -0.1) is 0 Å². The van der Waals surface area contributed by atoms with E-state index in [4.69, 9.17) is 9.15 Å². The van der Waals surface area contributed by atoms with Crippen LogP contribution in [0.1, 0.15) is 62.3 Å². The third kappa shape index (κ3) is 5.08. The Bertz CT molecular complexity index is 651. The van der Waals surface area contributed by atoms with E-state index in [1.165, 1.54) is 18.4 Å². The first kappa shape index (κ1) is 18.9. The smallest absolute Gasteiger partial charge is 0.226 e. The van der Waals surface area contributed by atoms with Gasteiger partial charge in [0.15, 0.2) is 0 Å². The standard InChI is InChI=1S/C21H30N2O3/c1-2-3-4-8-11-19(24)20-22-18(16-17-9-6-5-7-10-17)21(26-20)23-12-14-25-15-13-23/h5-7,9-10,19,24H,2-4,8,11-16H2,1H3. The lowest BCUT2D eigenvalue weighted by atomic mass is 10.1. The van der Waals surface area contributed by atoms with Crippen LogP contribution in [-0.4, -0.2) is 36.4 Å². The van der Waals surface area contributed by atoms with E-state index in [1.54, 1.807) is 0 Å². The molecule has 1 fully saturated rings. The molecule has 5 nitrogen and oxygen atoms in total. The molecule has 3 rings (SSSR count). The zero-order chi connectivity index (χ0) is 18.2. The molecular formula is C21H30N2O3. The summed E-state index contributed by atoms with van der Waals surface area (Å²) in [6, 6.07) is 10.3. The molecular weight excluding hydrogens is 328 g/mol. The Morgan fingerprint density at radius 3 is 2.62 bits per heavy atom. The first-order valence-electron chi connectivity index (χ1n) is 9.82. The van der Waals surface area contributed by atoms with Crippen molar-refractivity contribution in [2.75, 3.05) is 31.2 Å². The molecule has 1 aromatic carbocycles. The predicted octanol–water partition coefficient (Wildman–Crippen LogP) is 4.11. The average molecular weight is 358 g/mol. The van der Waals surface area contributed by atoms with E-state index < -0.39 is 6.10 Å². The summed E-state index contributed by atoms with van der Waals surface area (Å²) in [5, 5.41) is 10.5. The summed E-state index contributed by atoms with van der Waals surface area (Å²) in [6.07, 6.45) is 5.32. The van der Waals surface area contributed by atoms with Gasteiger partial charge in [0, 0.05) is 19.5 Å². The van der Waals surface area contributed by atoms with Crippen molar-refractivity contribution in [1.29, 1.82) is 0 Å². The van der Waals surface area contributed by atoms with Gasteiger partial charge < -0.3 is 19.2 Å². The van der Waals surface area contributed by atoms with E-state index in [0.29, 0.717) is 31.9 Å². The number of aliphatic hydroxyl groups excluding tert-OH is 1. The van der Waals surface area contributed by atoms with Gasteiger partial charge >= 0.3 is 0 Å².